The van der Waals surface area contributed by atoms with Crippen LogP contribution in [-0.4, -0.2) is 102 Å². The molecular formula is C30H35NO11S. The molecule has 0 radical (unpaired) electrons. The lowest BCUT2D eigenvalue weighted by Crippen LogP contribution is -2.65. The Kier molecular flexibility index (Phi) is 7.62. The summed E-state index contributed by atoms with van der Waals surface area (Å²) >= 11 is 1.25. The van der Waals surface area contributed by atoms with E-state index in [1.54, 1.807) is 6.07 Å². The van der Waals surface area contributed by atoms with Crippen LogP contribution >= 0.6 is 11.8 Å². The summed E-state index contributed by atoms with van der Waals surface area (Å²) in [6.45, 7) is 4.35. The zero-order chi connectivity index (χ0) is 30.8. The number of esters is 4. The van der Waals surface area contributed by atoms with E-state index >= 15 is 0 Å². The maximum atomic E-state index is 12.9. The fourth-order valence-corrected chi connectivity index (χ4v) is 9.16. The van der Waals surface area contributed by atoms with Crippen LogP contribution in [0.25, 0.3) is 0 Å². The van der Waals surface area contributed by atoms with E-state index in [1.165, 1.54) is 18.7 Å². The van der Waals surface area contributed by atoms with Gasteiger partial charge in [0.25, 0.3) is 0 Å². The number of phenolic OH excluding ortho intramolecular Hbond substituents is 1. The van der Waals surface area contributed by atoms with E-state index in [4.69, 9.17) is 28.4 Å². The number of likely N-dealkylation sites (N-methyl/N-ethyl adjacent to an activating group) is 1. The van der Waals surface area contributed by atoms with E-state index in [-0.39, 0.29) is 23.0 Å². The zero-order valence-electron chi connectivity index (χ0n) is 24.5. The Bertz CT molecular complexity index is 1380. The maximum Gasteiger partial charge on any atom is 0.339 e. The summed E-state index contributed by atoms with van der Waals surface area (Å²) in [4.78, 5) is 51.9. The molecule has 3 aliphatic heterocycles. The van der Waals surface area contributed by atoms with Gasteiger partial charge in [0, 0.05) is 43.7 Å². The van der Waals surface area contributed by atoms with Crippen molar-refractivity contribution < 1.29 is 52.7 Å². The lowest BCUT2D eigenvalue weighted by Gasteiger charge is -2.57. The molecule has 2 saturated heterocycles. The van der Waals surface area contributed by atoms with Gasteiger partial charge in [0.2, 0.25) is 0 Å². The first-order valence-corrected chi connectivity index (χ1v) is 15.2. The van der Waals surface area contributed by atoms with Gasteiger partial charge in [-0.25, -0.2) is 4.79 Å². The Morgan fingerprint density at radius 1 is 1.00 bits per heavy atom. The van der Waals surface area contributed by atoms with Gasteiger partial charge in [-0.3, -0.25) is 14.4 Å². The lowest BCUT2D eigenvalue weighted by molar-refractivity contribution is -0.235. The zero-order valence-corrected chi connectivity index (χ0v) is 25.3. The molecule has 43 heavy (non-hydrogen) atoms. The third kappa shape index (κ3) is 4.76. The summed E-state index contributed by atoms with van der Waals surface area (Å²) < 4.78 is 34.4. The molecule has 2 bridgehead atoms. The van der Waals surface area contributed by atoms with Crippen LogP contribution in [0.15, 0.2) is 24.3 Å². The van der Waals surface area contributed by atoms with E-state index in [0.717, 1.165) is 51.5 Å². The number of benzene rings is 1. The quantitative estimate of drug-likeness (QED) is 0.280. The summed E-state index contributed by atoms with van der Waals surface area (Å²) in [5.41, 5.74) is 0.730. The molecule has 1 N–H and O–H groups in total. The molecular weight excluding hydrogens is 582 g/mol. The van der Waals surface area contributed by atoms with Gasteiger partial charge in [0.05, 0.1) is 12.4 Å². The first-order valence-electron chi connectivity index (χ1n) is 14.3. The number of aromatic hydroxyl groups is 1. The molecule has 1 aromatic carbocycles. The number of methoxy groups -OCH3 is 1. The minimum atomic E-state index is -1.47. The summed E-state index contributed by atoms with van der Waals surface area (Å²) in [5.74, 6) is -2.30. The van der Waals surface area contributed by atoms with Crippen molar-refractivity contribution in [3.05, 3.63) is 35.4 Å². The fraction of sp³-hybridized carbons (Fsp3) is 0.600. The third-order valence-corrected chi connectivity index (χ3v) is 10.6. The lowest BCUT2D eigenvalue weighted by atomic mass is 9.53. The monoisotopic (exact) mass is 617 g/mol. The summed E-state index contributed by atoms with van der Waals surface area (Å²) in [7, 11) is 3.29. The molecule has 1 spiro atoms. The average Bonchev–Trinajstić information content (AvgIpc) is 3.30. The average molecular weight is 618 g/mol. The number of hydrogen-bond donors (Lipinski definition) is 1. The Labute approximate surface area is 252 Å². The molecule has 13 heteroatoms. The molecule has 3 heterocycles. The van der Waals surface area contributed by atoms with Gasteiger partial charge >= 0.3 is 23.9 Å². The largest absolute Gasteiger partial charge is 0.504 e. The highest BCUT2D eigenvalue weighted by molar-refractivity contribution is 8.00. The number of piperidine rings is 1. The van der Waals surface area contributed by atoms with Crippen LogP contribution in [0.2, 0.25) is 0 Å². The van der Waals surface area contributed by atoms with Crippen LogP contribution in [0.4, 0.5) is 0 Å². The van der Waals surface area contributed by atoms with Crippen LogP contribution < -0.4 is 4.74 Å². The molecule has 6 unspecified atom stereocenters. The number of carbonyl (C=O) groups excluding carboxylic acids is 4. The second-order valence-corrected chi connectivity index (χ2v) is 13.0. The van der Waals surface area contributed by atoms with Crippen LogP contribution in [0.5, 0.6) is 11.5 Å². The molecule has 0 amide bonds. The highest BCUT2D eigenvalue weighted by atomic mass is 32.2. The van der Waals surface area contributed by atoms with Crippen molar-refractivity contribution in [2.75, 3.05) is 20.7 Å². The standard InChI is InChI=1S/C30H35NO11S/c1-13(32)38-23-24(39-14(2)33)26(40-15(3)34)29(42-25(23)28(36)37-5)43-20-9-7-17-18-12-16-6-8-19(35)22-21(16)30(17,27(20)41-22)10-11-31(18)4/h6-9,17-18,20,23-27,29,35H,10-12H2,1-5H3/t17?,18?,20?,23-,24+,25+,26-,27?,29?,30?/m1/s1. The van der Waals surface area contributed by atoms with E-state index < -0.39 is 65.2 Å². The molecule has 232 valence electrons. The normalized spacial score (nSPS) is 37.0. The first kappa shape index (κ1) is 29.8. The molecule has 2 aliphatic carbocycles. The number of carbonyl (C=O) groups is 4. The van der Waals surface area contributed by atoms with Gasteiger partial charge in [0.15, 0.2) is 35.9 Å². The summed E-state index contributed by atoms with van der Waals surface area (Å²) in [6, 6.07) is 3.91. The van der Waals surface area contributed by atoms with E-state index in [0.29, 0.717) is 5.75 Å². The number of nitrogens with zero attached hydrogens (tertiary/aromatic N) is 1. The molecule has 12 nitrogen and oxygen atoms in total. The van der Waals surface area contributed by atoms with Crippen LogP contribution in [0, 0.1) is 5.92 Å². The van der Waals surface area contributed by atoms with Crippen molar-refractivity contribution in [2.24, 2.45) is 5.92 Å². The van der Waals surface area contributed by atoms with Crippen molar-refractivity contribution in [2.45, 2.75) is 86.3 Å². The number of hydrogen-bond acceptors (Lipinski definition) is 13. The smallest absolute Gasteiger partial charge is 0.339 e. The topological polar surface area (TPSA) is 147 Å². The Morgan fingerprint density at radius 3 is 2.35 bits per heavy atom. The fourth-order valence-electron chi connectivity index (χ4n) is 7.68. The van der Waals surface area contributed by atoms with Gasteiger partial charge in [-0.05, 0) is 38.1 Å². The van der Waals surface area contributed by atoms with Gasteiger partial charge in [-0.15, -0.1) is 11.8 Å². The van der Waals surface area contributed by atoms with Gasteiger partial charge < -0.3 is 38.4 Å². The number of thioether (sulfide) groups is 1. The van der Waals surface area contributed by atoms with E-state index in [2.05, 4.69) is 18.0 Å². The van der Waals surface area contributed by atoms with Crippen molar-refractivity contribution in [3.63, 3.8) is 0 Å². The number of ether oxygens (including phenoxy) is 6. The van der Waals surface area contributed by atoms with Crippen molar-refractivity contribution in [1.82, 2.24) is 4.90 Å². The van der Waals surface area contributed by atoms with Gasteiger partial charge in [-0.2, -0.15) is 0 Å². The summed E-state index contributed by atoms with van der Waals surface area (Å²) in [6.07, 6.45) is -0.0437. The third-order valence-electron chi connectivity index (χ3n) is 9.26. The predicted octanol–water partition coefficient (Wildman–Crippen LogP) is 1.63. The Hall–Kier alpha value is -3.29. The minimum absolute atomic E-state index is 0.0824. The minimum Gasteiger partial charge on any atom is -0.504 e. The summed E-state index contributed by atoms with van der Waals surface area (Å²) in [5, 5.41) is 10.5. The number of phenols is 1. The van der Waals surface area contributed by atoms with E-state index in [1.807, 2.05) is 12.1 Å². The molecule has 1 aromatic rings. The molecule has 0 aromatic heterocycles. The van der Waals surface area contributed by atoms with Crippen molar-refractivity contribution in [3.8, 4) is 11.5 Å². The Balaban J connectivity index is 1.40. The molecule has 5 aliphatic rings. The molecule has 0 saturated carbocycles. The van der Waals surface area contributed by atoms with E-state index in [9.17, 15) is 24.3 Å². The second kappa shape index (κ2) is 11.0. The maximum absolute atomic E-state index is 12.9. The van der Waals surface area contributed by atoms with Crippen LogP contribution in [0.1, 0.15) is 38.3 Å². The second-order valence-electron chi connectivity index (χ2n) is 11.7. The van der Waals surface area contributed by atoms with Gasteiger partial charge in [0.1, 0.15) is 11.5 Å². The first-order chi connectivity index (χ1) is 20.5. The molecule has 10 atom stereocenters. The van der Waals surface area contributed by atoms with Crippen molar-refractivity contribution >= 4 is 35.6 Å². The Morgan fingerprint density at radius 2 is 1.67 bits per heavy atom. The van der Waals surface area contributed by atoms with Crippen LogP contribution in [0.3, 0.4) is 0 Å². The SMILES string of the molecule is COC(=O)[C@H]1OC(SC2C=CC3C4Cc5ccc(O)c6c5C3(CCN4C)C2O6)[C@H](OC(C)=O)[C@@H](OC(C)=O)[C@H]1OC(C)=O. The predicted molar refractivity (Wildman–Crippen MR) is 150 cm³/mol. The highest BCUT2D eigenvalue weighted by Gasteiger charge is 2.65. The number of likely N-dealkylation sites (tertiary alicyclic amines) is 1. The molecule has 6 rings (SSSR count). The highest BCUT2D eigenvalue weighted by Crippen LogP contribution is 2.63. The van der Waals surface area contributed by atoms with Crippen molar-refractivity contribution in [1.29, 1.82) is 0 Å². The molecule has 2 fully saturated rings. The van der Waals surface area contributed by atoms with Gasteiger partial charge in [-0.1, -0.05) is 18.2 Å². The van der Waals surface area contributed by atoms with Crippen LogP contribution in [-0.2, 0) is 54.7 Å². The number of rotatable bonds is 6.